The third-order valence-corrected chi connectivity index (χ3v) is 5.32. The summed E-state index contributed by atoms with van der Waals surface area (Å²) in [5, 5.41) is 4.60. The molecule has 3 aromatic heterocycles. The van der Waals surface area contributed by atoms with E-state index in [9.17, 15) is 0 Å². The molecule has 0 aliphatic rings. The Morgan fingerprint density at radius 1 is 1.28 bits per heavy atom. The van der Waals surface area contributed by atoms with E-state index < -0.39 is 0 Å². The van der Waals surface area contributed by atoms with E-state index in [2.05, 4.69) is 44.7 Å². The standard InChI is InChI=1S/C18H17N5S2/c24-18(25-12-14-11-23-9-3-7-19-17(23)22-14)20-8-6-13-10-21-16-5-2-1-4-15(13)16/h1-5,7,9-11,21H,6,8,12H2,(H,20,24). The highest BCUT2D eigenvalue weighted by atomic mass is 32.2. The predicted molar refractivity (Wildman–Crippen MR) is 107 cm³/mol. The summed E-state index contributed by atoms with van der Waals surface area (Å²) in [5.74, 6) is 1.46. The van der Waals surface area contributed by atoms with Gasteiger partial charge in [0, 0.05) is 48.0 Å². The van der Waals surface area contributed by atoms with Gasteiger partial charge in [0.25, 0.3) is 0 Å². The molecule has 0 unspecified atom stereocenters. The molecule has 4 rings (SSSR count). The lowest BCUT2D eigenvalue weighted by Gasteiger charge is -2.06. The van der Waals surface area contributed by atoms with Gasteiger partial charge >= 0.3 is 0 Å². The molecule has 0 amide bonds. The van der Waals surface area contributed by atoms with E-state index in [1.807, 2.05) is 28.9 Å². The fraction of sp³-hybridized carbons (Fsp3) is 0.167. The average molecular weight is 368 g/mol. The number of H-pyrrole nitrogens is 1. The van der Waals surface area contributed by atoms with Crippen LogP contribution in [0.3, 0.4) is 0 Å². The molecule has 0 bridgehead atoms. The molecule has 0 saturated heterocycles. The predicted octanol–water partition coefficient (Wildman–Crippen LogP) is 3.56. The fourth-order valence-electron chi connectivity index (χ4n) is 2.78. The third-order valence-electron chi connectivity index (χ3n) is 3.98. The van der Waals surface area contributed by atoms with Crippen molar-refractivity contribution >= 4 is 45.0 Å². The van der Waals surface area contributed by atoms with Gasteiger partial charge < -0.3 is 10.3 Å². The summed E-state index contributed by atoms with van der Waals surface area (Å²) in [6.45, 7) is 0.820. The number of thiocarbonyl (C=S) groups is 1. The molecular weight excluding hydrogens is 350 g/mol. The number of nitrogens with one attached hydrogen (secondary N) is 2. The van der Waals surface area contributed by atoms with E-state index in [1.165, 1.54) is 16.5 Å². The number of benzene rings is 1. The SMILES string of the molecule is S=C(NCCc1c[nH]c2ccccc12)SCc1cn2cccnc2n1. The minimum absolute atomic E-state index is 0.719. The van der Waals surface area contributed by atoms with Gasteiger partial charge in [-0.3, -0.25) is 4.40 Å². The summed E-state index contributed by atoms with van der Waals surface area (Å²) in [5.41, 5.74) is 3.46. The number of aromatic amines is 1. The van der Waals surface area contributed by atoms with E-state index in [4.69, 9.17) is 12.2 Å². The number of para-hydroxylation sites is 1. The van der Waals surface area contributed by atoms with Crippen LogP contribution in [0.2, 0.25) is 0 Å². The van der Waals surface area contributed by atoms with Crippen molar-refractivity contribution in [1.82, 2.24) is 24.7 Å². The third kappa shape index (κ3) is 3.67. The van der Waals surface area contributed by atoms with Gasteiger partial charge in [0.2, 0.25) is 5.78 Å². The van der Waals surface area contributed by atoms with Crippen LogP contribution in [-0.2, 0) is 12.2 Å². The summed E-state index contributed by atoms with van der Waals surface area (Å²) in [6, 6.07) is 10.2. The van der Waals surface area contributed by atoms with Crippen molar-refractivity contribution in [3.05, 3.63) is 66.4 Å². The Bertz CT molecular complexity index is 987. The molecule has 2 N–H and O–H groups in total. The molecule has 0 saturated carbocycles. The van der Waals surface area contributed by atoms with Crippen LogP contribution in [0.25, 0.3) is 16.7 Å². The molecule has 0 fully saturated rings. The second-order valence-electron chi connectivity index (χ2n) is 5.67. The minimum Gasteiger partial charge on any atom is -0.371 e. The molecule has 0 aliphatic carbocycles. The summed E-state index contributed by atoms with van der Waals surface area (Å²) >= 11 is 7.01. The molecule has 0 radical (unpaired) electrons. The van der Waals surface area contributed by atoms with Gasteiger partial charge in [-0.15, -0.1) is 0 Å². The van der Waals surface area contributed by atoms with Crippen molar-refractivity contribution < 1.29 is 0 Å². The normalized spacial score (nSPS) is 11.2. The molecule has 25 heavy (non-hydrogen) atoms. The Morgan fingerprint density at radius 2 is 2.20 bits per heavy atom. The molecule has 4 aromatic rings. The topological polar surface area (TPSA) is 58.0 Å². The molecule has 5 nitrogen and oxygen atoms in total. The molecule has 126 valence electrons. The Labute approximate surface area is 154 Å². The van der Waals surface area contributed by atoms with Crippen LogP contribution in [0.4, 0.5) is 0 Å². The van der Waals surface area contributed by atoms with Crippen LogP contribution in [-0.4, -0.2) is 30.2 Å². The van der Waals surface area contributed by atoms with Gasteiger partial charge in [0.15, 0.2) is 0 Å². The van der Waals surface area contributed by atoms with Crippen LogP contribution in [0.15, 0.2) is 55.1 Å². The lowest BCUT2D eigenvalue weighted by molar-refractivity contribution is 0.887. The van der Waals surface area contributed by atoms with Crippen molar-refractivity contribution in [1.29, 1.82) is 0 Å². The first-order valence-corrected chi connectivity index (χ1v) is 9.43. The van der Waals surface area contributed by atoms with E-state index in [0.29, 0.717) is 0 Å². The van der Waals surface area contributed by atoms with Crippen LogP contribution >= 0.6 is 24.0 Å². The van der Waals surface area contributed by atoms with Crippen LogP contribution in [0.1, 0.15) is 11.3 Å². The van der Waals surface area contributed by atoms with E-state index in [-0.39, 0.29) is 0 Å². The lowest BCUT2D eigenvalue weighted by Crippen LogP contribution is -2.21. The number of nitrogens with zero attached hydrogens (tertiary/aromatic N) is 3. The quantitative estimate of drug-likeness (QED) is 0.528. The number of aromatic nitrogens is 4. The Morgan fingerprint density at radius 3 is 3.12 bits per heavy atom. The summed E-state index contributed by atoms with van der Waals surface area (Å²) in [4.78, 5) is 12.0. The van der Waals surface area contributed by atoms with Crippen molar-refractivity contribution in [2.45, 2.75) is 12.2 Å². The summed E-state index contributed by atoms with van der Waals surface area (Å²) in [7, 11) is 0. The van der Waals surface area contributed by atoms with Gasteiger partial charge in [-0.05, 0) is 24.1 Å². The summed E-state index contributed by atoms with van der Waals surface area (Å²) < 4.78 is 2.72. The molecule has 0 aliphatic heterocycles. The van der Waals surface area contributed by atoms with Crippen molar-refractivity contribution in [2.75, 3.05) is 6.54 Å². The van der Waals surface area contributed by atoms with Gasteiger partial charge in [-0.1, -0.05) is 42.2 Å². The van der Waals surface area contributed by atoms with Gasteiger partial charge in [-0.25, -0.2) is 9.97 Å². The van der Waals surface area contributed by atoms with E-state index in [1.54, 1.807) is 18.0 Å². The number of imidazole rings is 1. The zero-order valence-electron chi connectivity index (χ0n) is 13.5. The highest BCUT2D eigenvalue weighted by Gasteiger charge is 2.06. The smallest absolute Gasteiger partial charge is 0.233 e. The van der Waals surface area contributed by atoms with Crippen molar-refractivity contribution in [3.63, 3.8) is 0 Å². The molecule has 0 spiro atoms. The van der Waals surface area contributed by atoms with Gasteiger partial charge in [0.1, 0.15) is 4.32 Å². The van der Waals surface area contributed by atoms with Crippen LogP contribution in [0.5, 0.6) is 0 Å². The monoisotopic (exact) mass is 367 g/mol. The maximum atomic E-state index is 5.42. The molecular formula is C18H17N5S2. The highest BCUT2D eigenvalue weighted by molar-refractivity contribution is 8.22. The molecule has 1 aromatic carbocycles. The fourth-order valence-corrected chi connectivity index (χ4v) is 3.68. The highest BCUT2D eigenvalue weighted by Crippen LogP contribution is 2.18. The van der Waals surface area contributed by atoms with Gasteiger partial charge in [-0.2, -0.15) is 0 Å². The number of hydrogen-bond acceptors (Lipinski definition) is 4. The van der Waals surface area contributed by atoms with Crippen LogP contribution < -0.4 is 5.32 Å². The van der Waals surface area contributed by atoms with E-state index in [0.717, 1.165) is 34.5 Å². The largest absolute Gasteiger partial charge is 0.371 e. The minimum atomic E-state index is 0.719. The second-order valence-corrected chi connectivity index (χ2v) is 7.32. The first-order valence-electron chi connectivity index (χ1n) is 8.04. The average Bonchev–Trinajstić information content (AvgIpc) is 3.24. The number of fused-ring (bicyclic) bond motifs is 2. The first kappa shape index (κ1) is 16.1. The molecule has 3 heterocycles. The molecule has 0 atom stereocenters. The summed E-state index contributed by atoms with van der Waals surface area (Å²) in [6.07, 6.45) is 8.69. The number of rotatable bonds is 5. The number of hydrogen-bond donors (Lipinski definition) is 2. The maximum Gasteiger partial charge on any atom is 0.233 e. The Balaban J connectivity index is 1.27. The Kier molecular flexibility index (Phi) is 4.67. The maximum absolute atomic E-state index is 5.42. The zero-order valence-corrected chi connectivity index (χ0v) is 15.1. The van der Waals surface area contributed by atoms with Crippen molar-refractivity contribution in [3.8, 4) is 0 Å². The Hall–Kier alpha value is -2.38. The second kappa shape index (κ2) is 7.25. The van der Waals surface area contributed by atoms with E-state index >= 15 is 0 Å². The molecule has 7 heteroatoms. The number of thioether (sulfide) groups is 1. The van der Waals surface area contributed by atoms with Gasteiger partial charge in [0.05, 0.1) is 5.69 Å². The van der Waals surface area contributed by atoms with Crippen molar-refractivity contribution in [2.24, 2.45) is 0 Å². The van der Waals surface area contributed by atoms with Crippen LogP contribution in [0, 0.1) is 0 Å². The zero-order chi connectivity index (χ0) is 17.1. The first-order chi connectivity index (χ1) is 12.3. The lowest BCUT2D eigenvalue weighted by atomic mass is 10.1.